The molecule has 0 aromatic carbocycles. The van der Waals surface area contributed by atoms with Gasteiger partial charge in [-0.1, -0.05) is 6.92 Å². The van der Waals surface area contributed by atoms with Crippen molar-refractivity contribution in [3.63, 3.8) is 0 Å². The van der Waals surface area contributed by atoms with Crippen LogP contribution < -0.4 is 16.4 Å². The van der Waals surface area contributed by atoms with E-state index in [2.05, 4.69) is 22.5 Å². The number of carbonyl (C=O) groups excluding carboxylic acids is 1. The highest BCUT2D eigenvalue weighted by molar-refractivity contribution is 5.91. The number of pyridine rings is 1. The average Bonchev–Trinajstić information content (AvgIpc) is 2.38. The van der Waals surface area contributed by atoms with E-state index in [1.54, 1.807) is 12.3 Å². The van der Waals surface area contributed by atoms with Gasteiger partial charge in [-0.2, -0.15) is 0 Å². The summed E-state index contributed by atoms with van der Waals surface area (Å²) < 4.78 is 0. The molecular weight excluding hydrogens is 228 g/mol. The number of aromatic nitrogens is 1. The standard InChI is InChI=1S/C13H20N4O/c1-13(4-2-5-15-8-13)9-17-10-3-6-16-11(7-10)12(14)18/h3,6-7,15H,2,4-5,8-9H2,1H3,(H2,14,18)(H,16,17). The first-order chi connectivity index (χ1) is 8.59. The Balaban J connectivity index is 1.97. The fourth-order valence-corrected chi connectivity index (χ4v) is 2.26. The summed E-state index contributed by atoms with van der Waals surface area (Å²) in [5.41, 5.74) is 6.66. The lowest BCUT2D eigenvalue weighted by Crippen LogP contribution is -2.42. The van der Waals surface area contributed by atoms with Crippen LogP contribution in [-0.4, -0.2) is 30.5 Å². The maximum Gasteiger partial charge on any atom is 0.267 e. The fraction of sp³-hybridized carbons (Fsp3) is 0.538. The molecule has 0 radical (unpaired) electrons. The van der Waals surface area contributed by atoms with Crippen LogP contribution in [0.3, 0.4) is 0 Å². The van der Waals surface area contributed by atoms with Crippen LogP contribution in [0.2, 0.25) is 0 Å². The van der Waals surface area contributed by atoms with Crippen LogP contribution in [0, 0.1) is 5.41 Å². The topological polar surface area (TPSA) is 80.0 Å². The first-order valence-corrected chi connectivity index (χ1v) is 6.30. The van der Waals surface area contributed by atoms with Gasteiger partial charge in [-0.3, -0.25) is 9.78 Å². The van der Waals surface area contributed by atoms with Gasteiger partial charge in [0, 0.05) is 25.0 Å². The van der Waals surface area contributed by atoms with Gasteiger partial charge in [0.15, 0.2) is 0 Å². The van der Waals surface area contributed by atoms with E-state index in [0.29, 0.717) is 5.69 Å². The quantitative estimate of drug-likeness (QED) is 0.742. The summed E-state index contributed by atoms with van der Waals surface area (Å²) >= 11 is 0. The second kappa shape index (κ2) is 5.35. The highest BCUT2D eigenvalue weighted by Crippen LogP contribution is 2.25. The smallest absolute Gasteiger partial charge is 0.267 e. The molecule has 0 spiro atoms. The van der Waals surface area contributed by atoms with Gasteiger partial charge in [-0.15, -0.1) is 0 Å². The number of hydrogen-bond acceptors (Lipinski definition) is 4. The lowest BCUT2D eigenvalue weighted by atomic mass is 9.83. The number of nitrogens with one attached hydrogen (secondary N) is 2. The van der Waals surface area contributed by atoms with E-state index < -0.39 is 5.91 Å². The van der Waals surface area contributed by atoms with Crippen molar-refractivity contribution in [2.45, 2.75) is 19.8 Å². The summed E-state index contributed by atoms with van der Waals surface area (Å²) in [6.45, 7) is 5.27. The molecule has 1 saturated heterocycles. The van der Waals surface area contributed by atoms with Crippen LogP contribution in [0.4, 0.5) is 5.69 Å². The van der Waals surface area contributed by atoms with Crippen molar-refractivity contribution < 1.29 is 4.79 Å². The van der Waals surface area contributed by atoms with Crippen LogP contribution in [0.1, 0.15) is 30.3 Å². The molecule has 5 nitrogen and oxygen atoms in total. The van der Waals surface area contributed by atoms with E-state index in [1.165, 1.54) is 12.8 Å². The minimum Gasteiger partial charge on any atom is -0.384 e. The number of amides is 1. The molecule has 0 bridgehead atoms. The van der Waals surface area contributed by atoms with Crippen molar-refractivity contribution >= 4 is 11.6 Å². The molecule has 0 aliphatic carbocycles. The van der Waals surface area contributed by atoms with Crippen LogP contribution in [0.15, 0.2) is 18.3 Å². The third kappa shape index (κ3) is 3.20. The second-order valence-electron chi connectivity index (χ2n) is 5.24. The molecule has 2 rings (SSSR count). The van der Waals surface area contributed by atoms with Gasteiger partial charge in [-0.25, -0.2) is 0 Å². The van der Waals surface area contributed by atoms with Gasteiger partial charge in [-0.05, 0) is 36.9 Å². The zero-order valence-corrected chi connectivity index (χ0v) is 10.7. The van der Waals surface area contributed by atoms with Gasteiger partial charge in [0.25, 0.3) is 5.91 Å². The largest absolute Gasteiger partial charge is 0.384 e. The van der Waals surface area contributed by atoms with E-state index in [-0.39, 0.29) is 5.41 Å². The van der Waals surface area contributed by atoms with E-state index in [0.717, 1.165) is 25.3 Å². The Bertz CT molecular complexity index is 427. The molecule has 1 aliphatic rings. The number of anilines is 1. The number of piperidine rings is 1. The highest BCUT2D eigenvalue weighted by atomic mass is 16.1. The first-order valence-electron chi connectivity index (χ1n) is 6.30. The number of nitrogens with zero attached hydrogens (tertiary/aromatic N) is 1. The number of primary amides is 1. The van der Waals surface area contributed by atoms with Crippen LogP contribution in [-0.2, 0) is 0 Å². The summed E-state index contributed by atoms with van der Waals surface area (Å²) in [6, 6.07) is 3.55. The summed E-state index contributed by atoms with van der Waals surface area (Å²) in [7, 11) is 0. The van der Waals surface area contributed by atoms with Gasteiger partial charge >= 0.3 is 0 Å². The molecule has 1 aliphatic heterocycles. The maximum absolute atomic E-state index is 11.0. The Morgan fingerprint density at radius 3 is 3.17 bits per heavy atom. The molecule has 1 fully saturated rings. The average molecular weight is 248 g/mol. The Hall–Kier alpha value is -1.62. The van der Waals surface area contributed by atoms with Crippen molar-refractivity contribution in [2.75, 3.05) is 25.0 Å². The zero-order valence-electron chi connectivity index (χ0n) is 10.7. The van der Waals surface area contributed by atoms with Gasteiger partial charge in [0.1, 0.15) is 5.69 Å². The Morgan fingerprint density at radius 1 is 1.67 bits per heavy atom. The Labute approximate surface area is 107 Å². The summed E-state index contributed by atoms with van der Waals surface area (Å²) in [6.07, 6.45) is 4.02. The zero-order chi connectivity index (χ0) is 13.0. The molecule has 5 heteroatoms. The number of rotatable bonds is 4. The Morgan fingerprint density at radius 2 is 2.50 bits per heavy atom. The minimum absolute atomic E-state index is 0.258. The third-order valence-electron chi connectivity index (χ3n) is 3.42. The van der Waals surface area contributed by atoms with Gasteiger partial charge < -0.3 is 16.4 Å². The first kappa shape index (κ1) is 12.8. The monoisotopic (exact) mass is 248 g/mol. The predicted molar refractivity (Wildman–Crippen MR) is 71.5 cm³/mol. The fourth-order valence-electron chi connectivity index (χ4n) is 2.26. The summed E-state index contributed by atoms with van der Waals surface area (Å²) in [5.74, 6) is -0.496. The second-order valence-corrected chi connectivity index (χ2v) is 5.24. The van der Waals surface area contributed by atoms with Crippen LogP contribution >= 0.6 is 0 Å². The number of nitrogens with two attached hydrogens (primary N) is 1. The number of hydrogen-bond donors (Lipinski definition) is 3. The van der Waals surface area contributed by atoms with E-state index >= 15 is 0 Å². The lowest BCUT2D eigenvalue weighted by molar-refractivity contribution is 0.0995. The molecule has 1 atom stereocenters. The van der Waals surface area contributed by atoms with Crippen molar-refractivity contribution in [3.05, 3.63) is 24.0 Å². The molecule has 1 aromatic rings. The van der Waals surface area contributed by atoms with Crippen molar-refractivity contribution in [2.24, 2.45) is 11.1 Å². The molecule has 18 heavy (non-hydrogen) atoms. The van der Waals surface area contributed by atoms with Gasteiger partial charge in [0.05, 0.1) is 0 Å². The van der Waals surface area contributed by atoms with Crippen LogP contribution in [0.5, 0.6) is 0 Å². The molecule has 4 N–H and O–H groups in total. The van der Waals surface area contributed by atoms with E-state index in [9.17, 15) is 4.79 Å². The molecule has 1 amide bonds. The van der Waals surface area contributed by atoms with Gasteiger partial charge in [0.2, 0.25) is 0 Å². The Kier molecular flexibility index (Phi) is 3.81. The molecule has 1 unspecified atom stereocenters. The molecule has 0 saturated carbocycles. The SMILES string of the molecule is CC1(CNc2ccnc(C(N)=O)c2)CCCNC1. The normalized spacial score (nSPS) is 23.6. The van der Waals surface area contributed by atoms with Crippen LogP contribution in [0.25, 0.3) is 0 Å². The predicted octanol–water partition coefficient (Wildman–Crippen LogP) is 0.982. The summed E-state index contributed by atoms with van der Waals surface area (Å²) in [4.78, 5) is 15.0. The lowest BCUT2D eigenvalue weighted by Gasteiger charge is -2.34. The summed E-state index contributed by atoms with van der Waals surface area (Å²) in [5, 5.41) is 6.78. The van der Waals surface area contributed by atoms with Crippen molar-refractivity contribution in [3.8, 4) is 0 Å². The van der Waals surface area contributed by atoms with E-state index in [1.807, 2.05) is 6.07 Å². The minimum atomic E-state index is -0.496. The molecule has 1 aromatic heterocycles. The van der Waals surface area contributed by atoms with Crippen molar-refractivity contribution in [1.82, 2.24) is 10.3 Å². The number of carbonyl (C=O) groups is 1. The molecule has 2 heterocycles. The maximum atomic E-state index is 11.0. The molecular formula is C13H20N4O. The van der Waals surface area contributed by atoms with Crippen molar-refractivity contribution in [1.29, 1.82) is 0 Å². The molecule has 98 valence electrons. The van der Waals surface area contributed by atoms with E-state index in [4.69, 9.17) is 5.73 Å². The highest BCUT2D eigenvalue weighted by Gasteiger charge is 2.26. The third-order valence-corrected chi connectivity index (χ3v) is 3.42.